The van der Waals surface area contributed by atoms with Gasteiger partial charge in [0.2, 0.25) is 0 Å². The van der Waals surface area contributed by atoms with Gasteiger partial charge in [-0.05, 0) is 18.2 Å². The summed E-state index contributed by atoms with van der Waals surface area (Å²) in [6.45, 7) is 0.482. The van der Waals surface area contributed by atoms with Crippen LogP contribution in [0.4, 0.5) is 14.5 Å². The van der Waals surface area contributed by atoms with Crippen molar-refractivity contribution >= 4 is 22.5 Å². The van der Waals surface area contributed by atoms with E-state index in [-0.39, 0.29) is 17.9 Å². The Hall–Kier alpha value is -3.02. The Morgan fingerprint density at radius 1 is 1.12 bits per heavy atom. The lowest BCUT2D eigenvalue weighted by atomic mass is 10.1. The quantitative estimate of drug-likeness (QED) is 0.749. The van der Waals surface area contributed by atoms with E-state index < -0.39 is 11.8 Å². The lowest BCUT2D eigenvalue weighted by molar-refractivity contribution is -0.118. The zero-order valence-corrected chi connectivity index (χ0v) is 13.5. The van der Waals surface area contributed by atoms with Crippen molar-refractivity contribution in [3.63, 3.8) is 0 Å². The van der Waals surface area contributed by atoms with Gasteiger partial charge in [-0.3, -0.25) is 9.78 Å². The number of fused-ring (bicyclic) bond motifs is 1. The predicted octanol–water partition coefficient (Wildman–Crippen LogP) is 4.36. The van der Waals surface area contributed by atoms with Crippen molar-refractivity contribution in [1.29, 1.82) is 0 Å². The number of pyridine rings is 1. The first-order chi connectivity index (χ1) is 11.9. The van der Waals surface area contributed by atoms with Gasteiger partial charge >= 0.3 is 0 Å². The number of ether oxygens (including phenoxy) is 1. The van der Waals surface area contributed by atoms with Crippen LogP contribution in [0.25, 0.3) is 10.9 Å². The van der Waals surface area contributed by atoms with E-state index in [1.165, 1.54) is 18.2 Å². The predicted molar refractivity (Wildman–Crippen MR) is 91.9 cm³/mol. The molecule has 0 aliphatic rings. The number of hydrogen-bond donors (Lipinski definition) is 1. The first-order valence-electron chi connectivity index (χ1n) is 7.69. The van der Waals surface area contributed by atoms with Crippen molar-refractivity contribution in [3.05, 3.63) is 66.4 Å². The van der Waals surface area contributed by atoms with E-state index >= 15 is 0 Å². The molecule has 0 unspecified atom stereocenters. The average Bonchev–Trinajstić information content (AvgIpc) is 2.59. The number of halogens is 2. The standard InChI is InChI=1S/C19H16F2N2O2/c1-19(20,21)14-8-2-3-9-15(14)23-17(24)12-25-16-10-4-6-13-7-5-11-22-18(13)16/h2-11H,12H2,1H3,(H,23,24). The Balaban J connectivity index is 1.72. The fourth-order valence-corrected chi connectivity index (χ4v) is 2.50. The number of rotatable bonds is 5. The lowest BCUT2D eigenvalue weighted by Gasteiger charge is -2.16. The topological polar surface area (TPSA) is 51.2 Å². The molecule has 0 saturated carbocycles. The summed E-state index contributed by atoms with van der Waals surface area (Å²) in [4.78, 5) is 16.3. The van der Waals surface area contributed by atoms with Gasteiger partial charge in [0.25, 0.3) is 11.8 Å². The number of carbonyl (C=O) groups excluding carboxylic acids is 1. The van der Waals surface area contributed by atoms with Gasteiger partial charge in [0.05, 0.1) is 0 Å². The number of aromatic nitrogens is 1. The van der Waals surface area contributed by atoms with E-state index in [0.29, 0.717) is 11.3 Å². The second-order valence-corrected chi connectivity index (χ2v) is 5.60. The first kappa shape index (κ1) is 16.8. The molecule has 1 aromatic heterocycles. The Morgan fingerprint density at radius 3 is 2.68 bits per heavy atom. The number of nitrogens with one attached hydrogen (secondary N) is 1. The maximum Gasteiger partial charge on any atom is 0.272 e. The molecule has 0 fully saturated rings. The van der Waals surface area contributed by atoms with E-state index in [4.69, 9.17) is 4.74 Å². The van der Waals surface area contributed by atoms with Gasteiger partial charge < -0.3 is 10.1 Å². The van der Waals surface area contributed by atoms with Crippen LogP contribution in [0.15, 0.2) is 60.8 Å². The van der Waals surface area contributed by atoms with Crippen LogP contribution in [-0.2, 0) is 10.7 Å². The van der Waals surface area contributed by atoms with Crippen molar-refractivity contribution in [2.75, 3.05) is 11.9 Å². The third-order valence-electron chi connectivity index (χ3n) is 3.63. The number of amides is 1. The fraction of sp³-hybridized carbons (Fsp3) is 0.158. The third kappa shape index (κ3) is 3.91. The number of benzene rings is 2. The minimum Gasteiger partial charge on any atom is -0.481 e. The highest BCUT2D eigenvalue weighted by Gasteiger charge is 2.27. The molecule has 0 radical (unpaired) electrons. The van der Waals surface area contributed by atoms with E-state index in [9.17, 15) is 13.6 Å². The Labute approximate surface area is 143 Å². The van der Waals surface area contributed by atoms with Crippen LogP contribution in [0.1, 0.15) is 12.5 Å². The summed E-state index contributed by atoms with van der Waals surface area (Å²) in [6.07, 6.45) is 1.63. The molecule has 2 aromatic carbocycles. The minimum absolute atomic E-state index is 0.0691. The average molecular weight is 342 g/mol. The second-order valence-electron chi connectivity index (χ2n) is 5.60. The van der Waals surface area contributed by atoms with Crippen LogP contribution in [0.5, 0.6) is 5.75 Å². The molecule has 0 bridgehead atoms. The summed E-state index contributed by atoms with van der Waals surface area (Å²) < 4.78 is 32.7. The number of alkyl halides is 2. The molecule has 1 N–H and O–H groups in total. The van der Waals surface area contributed by atoms with Gasteiger partial charge in [-0.25, -0.2) is 8.78 Å². The summed E-state index contributed by atoms with van der Waals surface area (Å²) >= 11 is 0. The zero-order valence-electron chi connectivity index (χ0n) is 13.5. The maximum absolute atomic E-state index is 13.6. The highest BCUT2D eigenvalue weighted by atomic mass is 19.3. The highest BCUT2D eigenvalue weighted by Crippen LogP contribution is 2.32. The maximum atomic E-state index is 13.6. The second kappa shape index (κ2) is 6.84. The van der Waals surface area contributed by atoms with Crippen molar-refractivity contribution in [3.8, 4) is 5.75 Å². The molecule has 0 aliphatic heterocycles. The van der Waals surface area contributed by atoms with Crippen LogP contribution in [-0.4, -0.2) is 17.5 Å². The number of anilines is 1. The summed E-state index contributed by atoms with van der Waals surface area (Å²) in [7, 11) is 0. The molecule has 3 aromatic rings. The minimum atomic E-state index is -3.05. The number of carbonyl (C=O) groups is 1. The monoisotopic (exact) mass is 342 g/mol. The van der Waals surface area contributed by atoms with E-state index in [1.807, 2.05) is 12.1 Å². The number of nitrogens with zero attached hydrogens (tertiary/aromatic N) is 1. The van der Waals surface area contributed by atoms with Crippen LogP contribution >= 0.6 is 0 Å². The van der Waals surface area contributed by atoms with E-state index in [2.05, 4.69) is 10.3 Å². The summed E-state index contributed by atoms with van der Waals surface area (Å²) in [5, 5.41) is 3.36. The van der Waals surface area contributed by atoms with Gasteiger partial charge in [0, 0.05) is 29.8 Å². The van der Waals surface area contributed by atoms with Crippen molar-refractivity contribution < 1.29 is 18.3 Å². The van der Waals surface area contributed by atoms with Gasteiger partial charge in [0.15, 0.2) is 6.61 Å². The molecule has 1 heterocycles. The van der Waals surface area contributed by atoms with Crippen LogP contribution in [0.2, 0.25) is 0 Å². The van der Waals surface area contributed by atoms with Crippen molar-refractivity contribution in [2.45, 2.75) is 12.8 Å². The molecular weight excluding hydrogens is 326 g/mol. The van der Waals surface area contributed by atoms with Crippen LogP contribution in [0.3, 0.4) is 0 Å². The molecule has 4 nitrogen and oxygen atoms in total. The summed E-state index contributed by atoms with van der Waals surface area (Å²) in [5.74, 6) is -3.11. The van der Waals surface area contributed by atoms with E-state index in [0.717, 1.165) is 12.3 Å². The van der Waals surface area contributed by atoms with Gasteiger partial charge in [-0.15, -0.1) is 0 Å². The Bertz CT molecular complexity index is 902. The normalized spacial score (nSPS) is 11.3. The molecule has 25 heavy (non-hydrogen) atoms. The zero-order chi connectivity index (χ0) is 17.9. The molecule has 128 valence electrons. The number of para-hydroxylation sites is 2. The van der Waals surface area contributed by atoms with Gasteiger partial charge in [-0.2, -0.15) is 0 Å². The van der Waals surface area contributed by atoms with Crippen LogP contribution in [0, 0.1) is 0 Å². The molecule has 1 amide bonds. The van der Waals surface area contributed by atoms with Crippen molar-refractivity contribution in [2.24, 2.45) is 0 Å². The molecular formula is C19H16F2N2O2. The molecule has 0 aliphatic carbocycles. The molecule has 0 atom stereocenters. The highest BCUT2D eigenvalue weighted by molar-refractivity contribution is 5.93. The lowest BCUT2D eigenvalue weighted by Crippen LogP contribution is -2.22. The number of hydrogen-bond acceptors (Lipinski definition) is 3. The van der Waals surface area contributed by atoms with E-state index in [1.54, 1.807) is 30.5 Å². The Morgan fingerprint density at radius 2 is 1.88 bits per heavy atom. The van der Waals surface area contributed by atoms with Crippen LogP contribution < -0.4 is 10.1 Å². The van der Waals surface area contributed by atoms with Gasteiger partial charge in [0.1, 0.15) is 11.3 Å². The summed E-state index contributed by atoms with van der Waals surface area (Å²) in [5.41, 5.74) is 0.466. The Kier molecular flexibility index (Phi) is 4.61. The smallest absolute Gasteiger partial charge is 0.272 e. The first-order valence-corrected chi connectivity index (χ1v) is 7.69. The van der Waals surface area contributed by atoms with Crippen molar-refractivity contribution in [1.82, 2.24) is 4.98 Å². The summed E-state index contributed by atoms with van der Waals surface area (Å²) in [6, 6.07) is 14.9. The molecule has 6 heteroatoms. The largest absolute Gasteiger partial charge is 0.481 e. The SMILES string of the molecule is CC(F)(F)c1ccccc1NC(=O)COc1cccc2cccnc12. The molecule has 0 spiro atoms. The fourth-order valence-electron chi connectivity index (χ4n) is 2.50. The molecule has 3 rings (SSSR count). The van der Waals surface area contributed by atoms with Gasteiger partial charge in [-0.1, -0.05) is 36.4 Å². The third-order valence-corrected chi connectivity index (χ3v) is 3.63. The molecule has 0 saturated heterocycles.